The molecular formula is C13H25ClN2O. The molecule has 1 amide bonds. The van der Waals surface area contributed by atoms with Crippen LogP contribution in [0.3, 0.4) is 0 Å². The smallest absolute Gasteiger partial charge is 0.223 e. The fourth-order valence-electron chi connectivity index (χ4n) is 2.87. The summed E-state index contributed by atoms with van der Waals surface area (Å²) in [6.45, 7) is 4.25. The molecule has 2 rings (SSSR count). The van der Waals surface area contributed by atoms with Gasteiger partial charge in [-0.1, -0.05) is 19.3 Å². The van der Waals surface area contributed by atoms with Crippen LogP contribution in [0.15, 0.2) is 0 Å². The summed E-state index contributed by atoms with van der Waals surface area (Å²) >= 11 is 0. The van der Waals surface area contributed by atoms with Gasteiger partial charge >= 0.3 is 0 Å². The number of rotatable bonds is 2. The largest absolute Gasteiger partial charge is 0.351 e. The Balaban J connectivity index is 0.00000144. The van der Waals surface area contributed by atoms with Crippen LogP contribution in [0.5, 0.6) is 0 Å². The van der Waals surface area contributed by atoms with E-state index in [9.17, 15) is 4.79 Å². The molecule has 0 aromatic rings. The van der Waals surface area contributed by atoms with E-state index in [0.29, 0.717) is 11.8 Å². The fourth-order valence-corrected chi connectivity index (χ4v) is 2.87. The van der Waals surface area contributed by atoms with Crippen LogP contribution in [0.25, 0.3) is 0 Å². The summed E-state index contributed by atoms with van der Waals surface area (Å²) in [5.41, 5.74) is 0.0414. The Morgan fingerprint density at radius 1 is 1.18 bits per heavy atom. The molecule has 0 spiro atoms. The van der Waals surface area contributed by atoms with Gasteiger partial charge in [-0.15, -0.1) is 12.4 Å². The second-order valence-corrected chi connectivity index (χ2v) is 5.63. The molecule has 0 radical (unpaired) electrons. The first-order valence-corrected chi connectivity index (χ1v) is 6.72. The van der Waals surface area contributed by atoms with Gasteiger partial charge in [0.25, 0.3) is 0 Å². The number of halogens is 1. The van der Waals surface area contributed by atoms with E-state index in [1.165, 1.54) is 19.3 Å². The predicted octanol–water partition coefficient (Wildman–Crippen LogP) is 2.25. The third-order valence-electron chi connectivity index (χ3n) is 4.11. The van der Waals surface area contributed by atoms with Gasteiger partial charge in [-0.2, -0.15) is 0 Å². The highest BCUT2D eigenvalue weighted by atomic mass is 35.5. The van der Waals surface area contributed by atoms with Crippen LogP contribution in [0.2, 0.25) is 0 Å². The van der Waals surface area contributed by atoms with Crippen molar-refractivity contribution in [2.75, 3.05) is 13.1 Å². The number of carbonyl (C=O) groups excluding carboxylic acids is 1. The Kier molecular flexibility index (Phi) is 5.74. The number of hydrogen-bond donors (Lipinski definition) is 2. The molecule has 3 nitrogen and oxygen atoms in total. The molecule has 4 heteroatoms. The maximum Gasteiger partial charge on any atom is 0.223 e. The lowest BCUT2D eigenvalue weighted by Crippen LogP contribution is -2.53. The lowest BCUT2D eigenvalue weighted by atomic mass is 9.86. The molecule has 1 saturated heterocycles. The molecule has 0 unspecified atom stereocenters. The highest BCUT2D eigenvalue weighted by Gasteiger charge is 2.31. The Bertz CT molecular complexity index is 246. The van der Waals surface area contributed by atoms with Gasteiger partial charge in [0.1, 0.15) is 0 Å². The third kappa shape index (κ3) is 4.14. The zero-order valence-electron chi connectivity index (χ0n) is 10.8. The van der Waals surface area contributed by atoms with E-state index in [1.54, 1.807) is 0 Å². The van der Waals surface area contributed by atoms with Crippen molar-refractivity contribution in [1.29, 1.82) is 0 Å². The molecular weight excluding hydrogens is 236 g/mol. The third-order valence-corrected chi connectivity index (χ3v) is 4.11. The normalized spacial score (nSPS) is 24.8. The van der Waals surface area contributed by atoms with Crippen LogP contribution in [0, 0.1) is 5.92 Å². The van der Waals surface area contributed by atoms with Crippen molar-refractivity contribution >= 4 is 18.3 Å². The van der Waals surface area contributed by atoms with Gasteiger partial charge in [0, 0.05) is 11.5 Å². The van der Waals surface area contributed by atoms with E-state index in [1.807, 2.05) is 0 Å². The molecule has 1 heterocycles. The van der Waals surface area contributed by atoms with Crippen molar-refractivity contribution in [1.82, 2.24) is 10.6 Å². The molecule has 0 aromatic heterocycles. The first-order chi connectivity index (χ1) is 7.70. The van der Waals surface area contributed by atoms with Gasteiger partial charge in [-0.3, -0.25) is 4.79 Å². The maximum atomic E-state index is 12.1. The lowest BCUT2D eigenvalue weighted by molar-refractivity contribution is -0.128. The Hall–Kier alpha value is -0.280. The van der Waals surface area contributed by atoms with E-state index in [2.05, 4.69) is 17.6 Å². The summed E-state index contributed by atoms with van der Waals surface area (Å²) in [6.07, 6.45) is 8.09. The molecule has 0 bridgehead atoms. The zero-order chi connectivity index (χ0) is 11.4. The van der Waals surface area contributed by atoms with Crippen LogP contribution >= 0.6 is 12.4 Å². The minimum absolute atomic E-state index is 0. The van der Waals surface area contributed by atoms with Gasteiger partial charge in [0.05, 0.1) is 0 Å². The summed E-state index contributed by atoms with van der Waals surface area (Å²) in [6, 6.07) is 0. The van der Waals surface area contributed by atoms with Crippen molar-refractivity contribution < 1.29 is 4.79 Å². The molecule has 1 saturated carbocycles. The van der Waals surface area contributed by atoms with Crippen molar-refractivity contribution in [3.05, 3.63) is 0 Å². The van der Waals surface area contributed by atoms with E-state index >= 15 is 0 Å². The minimum Gasteiger partial charge on any atom is -0.351 e. The average Bonchev–Trinajstić information content (AvgIpc) is 2.30. The van der Waals surface area contributed by atoms with Crippen molar-refractivity contribution in [2.24, 2.45) is 5.92 Å². The van der Waals surface area contributed by atoms with Crippen LogP contribution < -0.4 is 10.6 Å². The average molecular weight is 261 g/mol. The number of piperidine rings is 1. The van der Waals surface area contributed by atoms with E-state index in [-0.39, 0.29) is 17.9 Å². The van der Waals surface area contributed by atoms with E-state index in [0.717, 1.165) is 38.8 Å². The van der Waals surface area contributed by atoms with Crippen LogP contribution in [-0.2, 0) is 4.79 Å². The summed E-state index contributed by atoms with van der Waals surface area (Å²) in [5.74, 6) is 0.601. The van der Waals surface area contributed by atoms with E-state index < -0.39 is 0 Å². The summed E-state index contributed by atoms with van der Waals surface area (Å²) in [5, 5.41) is 6.63. The first kappa shape index (κ1) is 14.8. The highest BCUT2D eigenvalue weighted by Crippen LogP contribution is 2.25. The molecule has 1 aliphatic heterocycles. The molecule has 2 fully saturated rings. The standard InChI is InChI=1S/C13H24N2O.ClH/c1-13(7-9-14-10-8-13)15-12(16)11-5-3-2-4-6-11;/h11,14H,2-10H2,1H3,(H,15,16);1H. The van der Waals surface area contributed by atoms with Gasteiger partial charge in [-0.25, -0.2) is 0 Å². The predicted molar refractivity (Wildman–Crippen MR) is 72.5 cm³/mol. The topological polar surface area (TPSA) is 41.1 Å². The molecule has 2 aliphatic rings. The Morgan fingerprint density at radius 2 is 1.76 bits per heavy atom. The van der Waals surface area contributed by atoms with Crippen molar-refractivity contribution in [2.45, 2.75) is 57.4 Å². The quantitative estimate of drug-likeness (QED) is 0.800. The minimum atomic E-state index is 0. The second kappa shape index (κ2) is 6.60. The van der Waals surface area contributed by atoms with Gasteiger partial charge in [0.15, 0.2) is 0 Å². The van der Waals surface area contributed by atoms with Crippen LogP contribution in [0.1, 0.15) is 51.9 Å². The molecule has 17 heavy (non-hydrogen) atoms. The summed E-state index contributed by atoms with van der Waals surface area (Å²) in [4.78, 5) is 12.1. The van der Waals surface area contributed by atoms with Crippen molar-refractivity contribution in [3.8, 4) is 0 Å². The number of nitrogens with one attached hydrogen (secondary N) is 2. The summed E-state index contributed by atoms with van der Waals surface area (Å²) < 4.78 is 0. The monoisotopic (exact) mass is 260 g/mol. The van der Waals surface area contributed by atoms with Crippen LogP contribution in [0.4, 0.5) is 0 Å². The molecule has 100 valence electrons. The molecule has 0 aromatic carbocycles. The van der Waals surface area contributed by atoms with E-state index in [4.69, 9.17) is 0 Å². The number of carbonyl (C=O) groups is 1. The Morgan fingerprint density at radius 3 is 2.35 bits per heavy atom. The van der Waals surface area contributed by atoms with Gasteiger partial charge in [-0.05, 0) is 45.7 Å². The zero-order valence-corrected chi connectivity index (χ0v) is 11.6. The van der Waals surface area contributed by atoms with Gasteiger partial charge < -0.3 is 10.6 Å². The summed E-state index contributed by atoms with van der Waals surface area (Å²) in [7, 11) is 0. The van der Waals surface area contributed by atoms with Gasteiger partial charge in [0.2, 0.25) is 5.91 Å². The molecule has 0 atom stereocenters. The SMILES string of the molecule is CC1(NC(=O)C2CCCCC2)CCNCC1.Cl. The maximum absolute atomic E-state index is 12.1. The Labute approximate surface area is 111 Å². The lowest BCUT2D eigenvalue weighted by Gasteiger charge is -2.36. The fraction of sp³-hybridized carbons (Fsp3) is 0.923. The molecule has 2 N–H and O–H groups in total. The number of amides is 1. The second-order valence-electron chi connectivity index (χ2n) is 5.63. The van der Waals surface area contributed by atoms with Crippen molar-refractivity contribution in [3.63, 3.8) is 0 Å². The van der Waals surface area contributed by atoms with Crippen LogP contribution in [-0.4, -0.2) is 24.5 Å². The number of hydrogen-bond acceptors (Lipinski definition) is 2. The first-order valence-electron chi connectivity index (χ1n) is 6.72. The molecule has 1 aliphatic carbocycles. The highest BCUT2D eigenvalue weighted by molar-refractivity contribution is 5.85.